The van der Waals surface area contributed by atoms with E-state index >= 15 is 0 Å². The van der Waals surface area contributed by atoms with E-state index in [0.29, 0.717) is 18.6 Å². The van der Waals surface area contributed by atoms with E-state index in [1.165, 1.54) is 0 Å². The summed E-state index contributed by atoms with van der Waals surface area (Å²) in [6.45, 7) is 6.12. The number of nitrogens with one attached hydrogen (secondary N) is 1. The predicted molar refractivity (Wildman–Crippen MR) is 152 cm³/mol. The van der Waals surface area contributed by atoms with Gasteiger partial charge in [0.1, 0.15) is 21.4 Å². The van der Waals surface area contributed by atoms with Crippen molar-refractivity contribution >= 4 is 15.8 Å². The molecule has 3 unspecified atom stereocenters. The van der Waals surface area contributed by atoms with E-state index in [9.17, 15) is 17.6 Å². The Kier molecular flexibility index (Phi) is 9.28. The average molecular weight is 556 g/mol. The SMILES string of the molecule is CCS(=O)(=O)CCCOc1cc(C)c(-c2cccc(C3CCC4C=C(CCC(=O)O)C(F)=CC4N3)c2)c(C)c1. The number of ether oxygens (including phenoxy) is 1. The molecular formula is C31H38FNO5S. The van der Waals surface area contributed by atoms with Gasteiger partial charge in [0.2, 0.25) is 0 Å². The third kappa shape index (κ3) is 7.37. The lowest BCUT2D eigenvalue weighted by Gasteiger charge is -2.37. The van der Waals surface area contributed by atoms with Crippen molar-refractivity contribution in [2.24, 2.45) is 5.92 Å². The Hall–Kier alpha value is -2.97. The van der Waals surface area contributed by atoms with Gasteiger partial charge in [0, 0.05) is 24.3 Å². The molecule has 1 fully saturated rings. The molecular weight excluding hydrogens is 517 g/mol. The molecule has 6 nitrogen and oxygen atoms in total. The normalized spacial score (nSPS) is 21.1. The lowest BCUT2D eigenvalue weighted by atomic mass is 9.80. The standard InChI is InChI=1S/C31H38FNO5S/c1-4-39(36,37)14-6-13-38-26-15-20(2)31(21(3)16-26)25-8-5-7-23(18-25)28-11-9-24-17-22(10-12-30(34)35)27(32)19-29(24)33-28/h5,7-8,15-19,24,28-29,33H,4,6,9-14H2,1-3H3,(H,34,35). The zero-order chi connectivity index (χ0) is 28.2. The molecule has 2 aliphatic rings. The summed E-state index contributed by atoms with van der Waals surface area (Å²) in [6, 6.07) is 12.4. The molecule has 0 saturated carbocycles. The number of carboxylic acids is 1. The Balaban J connectivity index is 1.44. The fourth-order valence-corrected chi connectivity index (χ4v) is 6.48. The highest BCUT2D eigenvalue weighted by atomic mass is 32.2. The molecule has 39 heavy (non-hydrogen) atoms. The molecule has 4 rings (SSSR count). The van der Waals surface area contributed by atoms with Crippen LogP contribution < -0.4 is 10.1 Å². The summed E-state index contributed by atoms with van der Waals surface area (Å²) in [7, 11) is -2.99. The monoisotopic (exact) mass is 555 g/mol. The fourth-order valence-electron chi connectivity index (χ4n) is 5.63. The summed E-state index contributed by atoms with van der Waals surface area (Å²) < 4.78 is 44.0. The van der Waals surface area contributed by atoms with E-state index in [4.69, 9.17) is 9.84 Å². The first-order valence-electron chi connectivity index (χ1n) is 13.7. The molecule has 2 aromatic carbocycles. The van der Waals surface area contributed by atoms with Crippen LogP contribution in [0.25, 0.3) is 11.1 Å². The zero-order valence-corrected chi connectivity index (χ0v) is 23.7. The maximum Gasteiger partial charge on any atom is 0.303 e. The molecule has 0 aromatic heterocycles. The molecule has 0 radical (unpaired) electrons. The van der Waals surface area contributed by atoms with Crippen LogP contribution in [0.2, 0.25) is 0 Å². The van der Waals surface area contributed by atoms with E-state index in [-0.39, 0.29) is 48.2 Å². The van der Waals surface area contributed by atoms with Crippen molar-refractivity contribution in [3.8, 4) is 16.9 Å². The number of hydrogen-bond donors (Lipinski definition) is 2. The van der Waals surface area contributed by atoms with Crippen LogP contribution in [0.5, 0.6) is 5.75 Å². The van der Waals surface area contributed by atoms with Crippen LogP contribution in [-0.4, -0.2) is 43.6 Å². The summed E-state index contributed by atoms with van der Waals surface area (Å²) in [5, 5.41) is 12.6. The van der Waals surface area contributed by atoms with Gasteiger partial charge in [-0.15, -0.1) is 0 Å². The van der Waals surface area contributed by atoms with E-state index < -0.39 is 15.8 Å². The number of fused-ring (bicyclic) bond motifs is 1. The number of allylic oxidation sites excluding steroid dienone is 2. The largest absolute Gasteiger partial charge is 0.494 e. The Bertz CT molecular complexity index is 1360. The Labute approximate surface area is 230 Å². The molecule has 1 aliphatic carbocycles. The van der Waals surface area contributed by atoms with Crippen molar-refractivity contribution in [1.82, 2.24) is 5.32 Å². The lowest BCUT2D eigenvalue weighted by molar-refractivity contribution is -0.136. The summed E-state index contributed by atoms with van der Waals surface area (Å²) in [4.78, 5) is 10.9. The average Bonchev–Trinajstić information content (AvgIpc) is 2.89. The summed E-state index contributed by atoms with van der Waals surface area (Å²) in [5.74, 6) is -0.0579. The first kappa shape index (κ1) is 29.0. The van der Waals surface area contributed by atoms with Crippen LogP contribution in [0.1, 0.15) is 61.8 Å². The van der Waals surface area contributed by atoms with Crippen LogP contribution in [0, 0.1) is 19.8 Å². The highest BCUT2D eigenvalue weighted by molar-refractivity contribution is 7.91. The third-order valence-corrected chi connectivity index (χ3v) is 9.48. The van der Waals surface area contributed by atoms with Crippen molar-refractivity contribution in [2.45, 2.75) is 65.0 Å². The molecule has 0 spiro atoms. The maximum absolute atomic E-state index is 14.7. The van der Waals surface area contributed by atoms with Gasteiger partial charge >= 0.3 is 5.97 Å². The highest BCUT2D eigenvalue weighted by Crippen LogP contribution is 2.38. The number of piperidine rings is 1. The summed E-state index contributed by atoms with van der Waals surface area (Å²) in [6.07, 6.45) is 5.95. The fraction of sp³-hybridized carbons (Fsp3) is 0.452. The minimum Gasteiger partial charge on any atom is -0.494 e. The number of rotatable bonds is 11. The second-order valence-corrected chi connectivity index (χ2v) is 13.1. The van der Waals surface area contributed by atoms with Gasteiger partial charge in [0.25, 0.3) is 0 Å². The van der Waals surface area contributed by atoms with Crippen LogP contribution >= 0.6 is 0 Å². The molecule has 3 atom stereocenters. The molecule has 1 saturated heterocycles. The van der Waals surface area contributed by atoms with E-state index in [0.717, 1.165) is 46.4 Å². The second kappa shape index (κ2) is 12.5. The van der Waals surface area contributed by atoms with Gasteiger partial charge in [-0.05, 0) is 103 Å². The zero-order valence-electron chi connectivity index (χ0n) is 22.9. The van der Waals surface area contributed by atoms with Crippen LogP contribution in [0.15, 0.2) is 60.0 Å². The predicted octanol–water partition coefficient (Wildman–Crippen LogP) is 6.24. The van der Waals surface area contributed by atoms with Crippen molar-refractivity contribution in [1.29, 1.82) is 0 Å². The van der Waals surface area contributed by atoms with E-state index in [2.05, 4.69) is 43.4 Å². The number of aliphatic carboxylic acids is 1. The minimum absolute atomic E-state index is 0.0669. The number of halogens is 1. The van der Waals surface area contributed by atoms with Gasteiger partial charge in [0.15, 0.2) is 0 Å². The Morgan fingerprint density at radius 3 is 2.56 bits per heavy atom. The van der Waals surface area contributed by atoms with Gasteiger partial charge in [-0.1, -0.05) is 31.2 Å². The quantitative estimate of drug-likeness (QED) is 0.319. The van der Waals surface area contributed by atoms with Crippen LogP contribution in [-0.2, 0) is 14.6 Å². The van der Waals surface area contributed by atoms with Gasteiger partial charge in [-0.3, -0.25) is 4.79 Å². The van der Waals surface area contributed by atoms with Crippen molar-refractivity contribution in [3.63, 3.8) is 0 Å². The number of carbonyl (C=O) groups is 1. The Morgan fingerprint density at radius 2 is 1.87 bits per heavy atom. The molecule has 8 heteroatoms. The van der Waals surface area contributed by atoms with Crippen LogP contribution in [0.3, 0.4) is 0 Å². The topological polar surface area (TPSA) is 92.7 Å². The molecule has 2 N–H and O–H groups in total. The van der Waals surface area contributed by atoms with Gasteiger partial charge in [0.05, 0.1) is 12.4 Å². The van der Waals surface area contributed by atoms with Crippen molar-refractivity contribution in [2.75, 3.05) is 18.1 Å². The molecule has 1 heterocycles. The lowest BCUT2D eigenvalue weighted by Crippen LogP contribution is -2.42. The van der Waals surface area contributed by atoms with Crippen LogP contribution in [0.4, 0.5) is 4.39 Å². The molecule has 1 aliphatic heterocycles. The maximum atomic E-state index is 14.7. The van der Waals surface area contributed by atoms with Crippen molar-refractivity contribution in [3.05, 3.63) is 76.6 Å². The third-order valence-electron chi connectivity index (χ3n) is 7.69. The summed E-state index contributed by atoms with van der Waals surface area (Å²) in [5.41, 5.74) is 6.06. The number of sulfone groups is 1. The molecule has 0 bridgehead atoms. The van der Waals surface area contributed by atoms with E-state index in [1.807, 2.05) is 18.2 Å². The second-order valence-electron chi connectivity index (χ2n) is 10.6. The first-order valence-corrected chi connectivity index (χ1v) is 15.5. The van der Waals surface area contributed by atoms with Gasteiger partial charge in [-0.25, -0.2) is 12.8 Å². The molecule has 210 valence electrons. The number of aryl methyl sites for hydroxylation is 2. The highest BCUT2D eigenvalue weighted by Gasteiger charge is 2.32. The van der Waals surface area contributed by atoms with Gasteiger partial charge in [-0.2, -0.15) is 0 Å². The summed E-state index contributed by atoms with van der Waals surface area (Å²) >= 11 is 0. The smallest absolute Gasteiger partial charge is 0.303 e. The molecule has 2 aromatic rings. The van der Waals surface area contributed by atoms with Gasteiger partial charge < -0.3 is 15.2 Å². The number of carboxylic acid groups (broad SMARTS) is 1. The number of hydrogen-bond acceptors (Lipinski definition) is 5. The molecule has 0 amide bonds. The Morgan fingerprint density at radius 1 is 1.13 bits per heavy atom. The minimum atomic E-state index is -2.99. The number of benzene rings is 2. The first-order chi connectivity index (χ1) is 18.6. The van der Waals surface area contributed by atoms with E-state index in [1.54, 1.807) is 13.0 Å². The van der Waals surface area contributed by atoms with Crippen molar-refractivity contribution < 1.29 is 27.4 Å².